The molecule has 0 bridgehead atoms. The fraction of sp³-hybridized carbons (Fsp3) is 0.0588. The Morgan fingerprint density at radius 1 is 0.542 bits per heavy atom. The maximum absolute atomic E-state index is 13.1. The summed E-state index contributed by atoms with van der Waals surface area (Å²) >= 11 is 1.22. The number of hydrogen-bond donors (Lipinski definition) is 2. The molecule has 0 fully saturated rings. The summed E-state index contributed by atoms with van der Waals surface area (Å²) in [7, 11) is 0. The van der Waals surface area contributed by atoms with Gasteiger partial charge in [0, 0.05) is 4.90 Å². The molecule has 1 unspecified atom stereocenters. The summed E-state index contributed by atoms with van der Waals surface area (Å²) in [6, 6.07) is 73.0. The van der Waals surface area contributed by atoms with Gasteiger partial charge >= 0.3 is 5.97 Å². The Balaban J connectivity index is 1.37. The molecule has 2 aromatic heterocycles. The van der Waals surface area contributed by atoms with Crippen LogP contribution in [0.5, 0.6) is 0 Å². The van der Waals surface area contributed by atoms with Gasteiger partial charge in [-0.3, -0.25) is 4.79 Å². The number of aliphatic carboxylic acids is 1. The monoisotopic (exact) mass is 785 g/mol. The maximum Gasteiger partial charge on any atom is 0.321 e. The number of pyridine rings is 1. The van der Waals surface area contributed by atoms with Crippen LogP contribution >= 0.6 is 11.8 Å². The molecule has 8 heteroatoms. The first kappa shape index (κ1) is 37.3. The zero-order chi connectivity index (χ0) is 40.1. The molecule has 7 aromatic carbocycles. The summed E-state index contributed by atoms with van der Waals surface area (Å²) in [6.45, 7) is 0. The number of thioether (sulfide) groups is 1. The van der Waals surface area contributed by atoms with Crippen LogP contribution in [0.2, 0.25) is 0 Å². The van der Waals surface area contributed by atoms with Gasteiger partial charge in [-0.1, -0.05) is 218 Å². The summed E-state index contributed by atoms with van der Waals surface area (Å²) in [5.41, 5.74) is 5.54. The van der Waals surface area contributed by atoms with Gasteiger partial charge < -0.3 is 10.4 Å². The van der Waals surface area contributed by atoms with Crippen LogP contribution in [0.1, 0.15) is 44.2 Å². The third kappa shape index (κ3) is 6.83. The molecule has 1 atom stereocenters. The second-order valence-electron chi connectivity index (χ2n) is 14.2. The third-order valence-corrected chi connectivity index (χ3v) is 12.0. The highest BCUT2D eigenvalue weighted by Gasteiger charge is 2.43. The number of carboxylic acids is 1. The number of carbonyl (C=O) groups is 1. The quantitative estimate of drug-likeness (QED) is 0.0888. The molecule has 0 radical (unpaired) electrons. The van der Waals surface area contributed by atoms with Crippen molar-refractivity contribution in [2.75, 3.05) is 5.32 Å². The number of nitrogens with one attached hydrogen (secondary N) is 1. The van der Waals surface area contributed by atoms with Crippen LogP contribution < -0.4 is 5.32 Å². The number of hydrogen-bond acceptors (Lipinski definition) is 6. The SMILES string of the molecule is O=C(O)C(Sc1cc(NC(c2ccccc2)(c2ccccc2)c2ccccc2)nc2c1nnn2C(c1ccccc1)(c1ccccc1)c1ccccc1)c1ccccc1. The number of aromatic nitrogens is 4. The van der Waals surface area contributed by atoms with E-state index in [1.807, 2.05) is 150 Å². The van der Waals surface area contributed by atoms with Crippen molar-refractivity contribution in [2.45, 2.75) is 21.2 Å². The van der Waals surface area contributed by atoms with E-state index in [-0.39, 0.29) is 0 Å². The van der Waals surface area contributed by atoms with Crippen LogP contribution in [-0.4, -0.2) is 31.1 Å². The Kier molecular flexibility index (Phi) is 10.3. The molecule has 0 amide bonds. The average Bonchev–Trinajstić information content (AvgIpc) is 3.74. The van der Waals surface area contributed by atoms with E-state index in [2.05, 4.69) is 78.1 Å². The number of nitrogens with zero attached hydrogens (tertiary/aromatic N) is 4. The van der Waals surface area contributed by atoms with Crippen molar-refractivity contribution in [3.8, 4) is 0 Å². The molecule has 0 spiro atoms. The molecule has 0 aliphatic heterocycles. The minimum Gasteiger partial charge on any atom is -0.480 e. The molecular weight excluding hydrogens is 747 g/mol. The Labute approximate surface area is 347 Å². The second-order valence-corrected chi connectivity index (χ2v) is 15.4. The van der Waals surface area contributed by atoms with Crippen LogP contribution in [0, 0.1) is 0 Å². The summed E-state index contributed by atoms with van der Waals surface area (Å²) in [6.07, 6.45) is 0. The lowest BCUT2D eigenvalue weighted by atomic mass is 9.77. The molecule has 9 aromatic rings. The molecule has 2 heterocycles. The fourth-order valence-electron chi connectivity index (χ4n) is 8.15. The van der Waals surface area contributed by atoms with Crippen molar-refractivity contribution in [2.24, 2.45) is 0 Å². The van der Waals surface area contributed by atoms with E-state index in [1.165, 1.54) is 11.8 Å². The van der Waals surface area contributed by atoms with Gasteiger partial charge in [0.25, 0.3) is 0 Å². The Hall–Kier alpha value is -7.29. The van der Waals surface area contributed by atoms with E-state index >= 15 is 0 Å². The first-order valence-corrected chi connectivity index (χ1v) is 20.3. The third-order valence-electron chi connectivity index (χ3n) is 10.8. The smallest absolute Gasteiger partial charge is 0.321 e. The summed E-state index contributed by atoms with van der Waals surface area (Å²) < 4.78 is 1.91. The van der Waals surface area contributed by atoms with Crippen molar-refractivity contribution in [3.63, 3.8) is 0 Å². The van der Waals surface area contributed by atoms with Gasteiger partial charge in [-0.25, -0.2) is 9.67 Å². The molecule has 7 nitrogen and oxygen atoms in total. The van der Waals surface area contributed by atoms with Crippen molar-refractivity contribution >= 4 is 34.7 Å². The van der Waals surface area contributed by atoms with Crippen molar-refractivity contribution in [1.29, 1.82) is 0 Å². The molecule has 9 rings (SSSR count). The Bertz CT molecular complexity index is 2600. The average molecular weight is 786 g/mol. The zero-order valence-corrected chi connectivity index (χ0v) is 32.7. The number of carboxylic acid groups (broad SMARTS) is 1. The first-order valence-electron chi connectivity index (χ1n) is 19.4. The van der Waals surface area contributed by atoms with E-state index in [0.717, 1.165) is 33.4 Å². The number of fused-ring (bicyclic) bond motifs is 1. The van der Waals surface area contributed by atoms with E-state index < -0.39 is 22.3 Å². The second kappa shape index (κ2) is 16.3. The van der Waals surface area contributed by atoms with E-state index in [1.54, 1.807) is 0 Å². The van der Waals surface area contributed by atoms with Crippen LogP contribution in [0.3, 0.4) is 0 Å². The van der Waals surface area contributed by atoms with Gasteiger partial charge in [0.05, 0.1) is 0 Å². The number of anilines is 1. The first-order chi connectivity index (χ1) is 29.1. The van der Waals surface area contributed by atoms with Gasteiger partial charge in [-0.05, 0) is 45.0 Å². The standard InChI is InChI=1S/C51H39N5O2S/c57-49(58)47(37-22-8-1-9-23-37)59-44-36-45(53-50(38-24-10-2-11-25-38,39-26-12-3-13-27-39)40-28-14-4-15-29-40)52-48-46(44)54-55-56(48)51(41-30-16-5-17-31-41,42-32-18-6-19-33-42)43-34-20-7-21-35-43/h1-36,47H,(H,52,53)(H,57,58). The van der Waals surface area contributed by atoms with Crippen molar-refractivity contribution in [3.05, 3.63) is 257 Å². The lowest BCUT2D eigenvalue weighted by molar-refractivity contribution is -0.136. The fourth-order valence-corrected chi connectivity index (χ4v) is 9.22. The summed E-state index contributed by atoms with van der Waals surface area (Å²) in [4.78, 5) is 19.2. The minimum atomic E-state index is -1.03. The largest absolute Gasteiger partial charge is 0.480 e. The minimum absolute atomic E-state index is 0.481. The predicted molar refractivity (Wildman–Crippen MR) is 235 cm³/mol. The van der Waals surface area contributed by atoms with Gasteiger partial charge in [-0.15, -0.1) is 16.9 Å². The lowest BCUT2D eigenvalue weighted by Crippen LogP contribution is -2.39. The van der Waals surface area contributed by atoms with Crippen molar-refractivity contribution in [1.82, 2.24) is 20.0 Å². The number of benzene rings is 7. The van der Waals surface area contributed by atoms with Crippen LogP contribution in [-0.2, 0) is 15.9 Å². The highest BCUT2D eigenvalue weighted by atomic mass is 32.2. The highest BCUT2D eigenvalue weighted by Crippen LogP contribution is 2.46. The van der Waals surface area contributed by atoms with Gasteiger partial charge in [-0.2, -0.15) is 0 Å². The van der Waals surface area contributed by atoms with E-state index in [4.69, 9.17) is 15.3 Å². The molecule has 0 saturated carbocycles. The highest BCUT2D eigenvalue weighted by molar-refractivity contribution is 8.00. The van der Waals surface area contributed by atoms with Crippen LogP contribution in [0.15, 0.2) is 223 Å². The Morgan fingerprint density at radius 2 is 0.915 bits per heavy atom. The molecule has 0 aliphatic carbocycles. The topological polar surface area (TPSA) is 92.9 Å². The van der Waals surface area contributed by atoms with Crippen molar-refractivity contribution < 1.29 is 9.90 Å². The van der Waals surface area contributed by atoms with Crippen LogP contribution in [0.25, 0.3) is 11.2 Å². The van der Waals surface area contributed by atoms with E-state index in [9.17, 15) is 9.90 Å². The van der Waals surface area contributed by atoms with Crippen LogP contribution in [0.4, 0.5) is 5.82 Å². The van der Waals surface area contributed by atoms with Gasteiger partial charge in [0.2, 0.25) is 0 Å². The predicted octanol–water partition coefficient (Wildman–Crippen LogP) is 11.0. The summed E-state index contributed by atoms with van der Waals surface area (Å²) in [5.74, 6) is -0.451. The number of rotatable bonds is 13. The summed E-state index contributed by atoms with van der Waals surface area (Å²) in [5, 5.41) is 23.7. The Morgan fingerprint density at radius 3 is 1.31 bits per heavy atom. The molecule has 0 saturated heterocycles. The zero-order valence-electron chi connectivity index (χ0n) is 31.9. The molecule has 59 heavy (non-hydrogen) atoms. The van der Waals surface area contributed by atoms with E-state index in [0.29, 0.717) is 27.4 Å². The van der Waals surface area contributed by atoms with Gasteiger partial charge in [0.15, 0.2) is 5.65 Å². The molecule has 2 N–H and O–H groups in total. The van der Waals surface area contributed by atoms with Gasteiger partial charge in [0.1, 0.15) is 27.7 Å². The molecule has 0 aliphatic rings. The maximum atomic E-state index is 13.1. The lowest BCUT2D eigenvalue weighted by Gasteiger charge is -2.38. The molecule has 286 valence electrons. The normalized spacial score (nSPS) is 12.2. The molecular formula is C51H39N5O2S.